The van der Waals surface area contributed by atoms with Gasteiger partial charge in [-0.05, 0) is 42.5 Å². The van der Waals surface area contributed by atoms with E-state index < -0.39 is 0 Å². The third-order valence-corrected chi connectivity index (χ3v) is 5.75. The fourth-order valence-electron chi connectivity index (χ4n) is 3.19. The van der Waals surface area contributed by atoms with Crippen LogP contribution in [0.2, 0.25) is 0 Å². The van der Waals surface area contributed by atoms with Gasteiger partial charge < -0.3 is 19.2 Å². The number of nitrogens with zero attached hydrogens (tertiary/aromatic N) is 1. The first-order valence-electron chi connectivity index (χ1n) is 9.21. The molecule has 0 aliphatic carbocycles. The van der Waals surface area contributed by atoms with Crippen LogP contribution in [-0.2, 0) is 0 Å². The Labute approximate surface area is 177 Å². The molecule has 1 aromatic heterocycles. The second kappa shape index (κ2) is 8.51. The van der Waals surface area contributed by atoms with E-state index in [0.717, 1.165) is 21.3 Å². The summed E-state index contributed by atoms with van der Waals surface area (Å²) in [5, 5.41) is 0.541. The molecule has 0 aliphatic rings. The Bertz CT molecular complexity index is 1270. The molecule has 0 fully saturated rings. The summed E-state index contributed by atoms with van der Waals surface area (Å²) in [5.74, 6) is 2.50. The lowest BCUT2D eigenvalue weighted by Crippen LogP contribution is -2.10. The number of aromatic nitrogens is 2. The van der Waals surface area contributed by atoms with Crippen molar-refractivity contribution in [1.29, 1.82) is 0 Å². The highest BCUT2D eigenvalue weighted by atomic mass is 32.2. The van der Waals surface area contributed by atoms with E-state index in [1.165, 1.54) is 11.8 Å². The third-order valence-electron chi connectivity index (χ3n) is 4.65. The molecule has 7 heteroatoms. The molecule has 0 aliphatic heterocycles. The summed E-state index contributed by atoms with van der Waals surface area (Å²) >= 11 is 1.48. The maximum absolute atomic E-state index is 12.6. The van der Waals surface area contributed by atoms with Gasteiger partial charge in [0.2, 0.25) is 0 Å². The molecule has 6 nitrogen and oxygen atoms in total. The minimum atomic E-state index is -0.198. The monoisotopic (exact) mass is 420 g/mol. The van der Waals surface area contributed by atoms with Crippen LogP contribution in [0, 0.1) is 0 Å². The van der Waals surface area contributed by atoms with E-state index in [9.17, 15) is 4.79 Å². The standard InChI is InChI=1S/C23H20N2O4S/c1-27-14-11-12-17(28-2)20(13-14)30-19-10-6-9-18(29-3)21(19)22-24-16-8-5-4-7-15(16)23(26)25-22/h4-13H,1-3H3,(H,24,25,26). The molecule has 0 radical (unpaired) electrons. The van der Waals surface area contributed by atoms with Crippen LogP contribution in [0.15, 0.2) is 75.2 Å². The highest BCUT2D eigenvalue weighted by Crippen LogP contribution is 2.44. The first-order valence-corrected chi connectivity index (χ1v) is 10.0. The van der Waals surface area contributed by atoms with E-state index in [1.54, 1.807) is 27.4 Å². The van der Waals surface area contributed by atoms with Crippen LogP contribution in [0.5, 0.6) is 17.2 Å². The fraction of sp³-hybridized carbons (Fsp3) is 0.130. The van der Waals surface area contributed by atoms with Crippen molar-refractivity contribution in [3.8, 4) is 28.6 Å². The lowest BCUT2D eigenvalue weighted by Gasteiger charge is -2.15. The van der Waals surface area contributed by atoms with E-state index in [0.29, 0.717) is 28.0 Å². The van der Waals surface area contributed by atoms with Gasteiger partial charge in [0.1, 0.15) is 23.1 Å². The Kier molecular flexibility index (Phi) is 5.63. The number of aromatic amines is 1. The fourth-order valence-corrected chi connectivity index (χ4v) is 4.30. The van der Waals surface area contributed by atoms with Gasteiger partial charge in [0, 0.05) is 4.90 Å². The molecule has 1 heterocycles. The average molecular weight is 420 g/mol. The minimum absolute atomic E-state index is 0.198. The predicted octanol–water partition coefficient (Wildman–Crippen LogP) is 4.77. The smallest absolute Gasteiger partial charge is 0.259 e. The summed E-state index contributed by atoms with van der Waals surface area (Å²) in [6, 6.07) is 18.6. The van der Waals surface area contributed by atoms with E-state index in [4.69, 9.17) is 14.2 Å². The van der Waals surface area contributed by atoms with Crippen LogP contribution in [0.3, 0.4) is 0 Å². The van der Waals surface area contributed by atoms with E-state index in [2.05, 4.69) is 9.97 Å². The second-order valence-electron chi connectivity index (χ2n) is 6.38. The summed E-state index contributed by atoms with van der Waals surface area (Å²) < 4.78 is 16.5. The van der Waals surface area contributed by atoms with Crippen LogP contribution in [0.4, 0.5) is 0 Å². The van der Waals surface area contributed by atoms with Gasteiger partial charge in [0.25, 0.3) is 5.56 Å². The lowest BCUT2D eigenvalue weighted by atomic mass is 10.1. The van der Waals surface area contributed by atoms with Gasteiger partial charge in [-0.1, -0.05) is 30.0 Å². The topological polar surface area (TPSA) is 73.4 Å². The first kappa shape index (κ1) is 19.8. The average Bonchev–Trinajstić information content (AvgIpc) is 2.78. The number of H-pyrrole nitrogens is 1. The van der Waals surface area contributed by atoms with Gasteiger partial charge in [-0.15, -0.1) is 0 Å². The zero-order valence-electron chi connectivity index (χ0n) is 16.8. The van der Waals surface area contributed by atoms with Crippen molar-refractivity contribution in [3.05, 3.63) is 71.0 Å². The van der Waals surface area contributed by atoms with Crippen LogP contribution >= 0.6 is 11.8 Å². The summed E-state index contributed by atoms with van der Waals surface area (Å²) in [5.41, 5.74) is 1.13. The van der Waals surface area contributed by atoms with Crippen LogP contribution in [0.25, 0.3) is 22.3 Å². The van der Waals surface area contributed by atoms with E-state index in [1.807, 2.05) is 54.6 Å². The van der Waals surface area contributed by atoms with E-state index >= 15 is 0 Å². The van der Waals surface area contributed by atoms with E-state index in [-0.39, 0.29) is 5.56 Å². The zero-order chi connectivity index (χ0) is 21.1. The number of methoxy groups -OCH3 is 3. The molecule has 0 saturated carbocycles. The minimum Gasteiger partial charge on any atom is -0.497 e. The van der Waals surface area contributed by atoms with Crippen molar-refractivity contribution in [2.24, 2.45) is 0 Å². The highest BCUT2D eigenvalue weighted by Gasteiger charge is 2.18. The van der Waals surface area contributed by atoms with Gasteiger partial charge in [0.05, 0.1) is 42.7 Å². The van der Waals surface area contributed by atoms with Gasteiger partial charge in [-0.25, -0.2) is 4.98 Å². The molecule has 4 aromatic rings. The molecule has 0 amide bonds. The molecule has 4 rings (SSSR count). The van der Waals surface area contributed by atoms with Crippen LogP contribution in [0.1, 0.15) is 0 Å². The number of benzene rings is 3. The molecule has 3 aromatic carbocycles. The number of nitrogens with one attached hydrogen (secondary N) is 1. The van der Waals surface area contributed by atoms with Crippen molar-refractivity contribution < 1.29 is 14.2 Å². The Hall–Kier alpha value is -3.45. The maximum atomic E-state index is 12.6. The first-order chi connectivity index (χ1) is 14.6. The van der Waals surface area contributed by atoms with Crippen LogP contribution in [-0.4, -0.2) is 31.3 Å². The van der Waals surface area contributed by atoms with Gasteiger partial charge >= 0.3 is 0 Å². The molecule has 0 atom stereocenters. The number of fused-ring (bicyclic) bond motifs is 1. The molecule has 152 valence electrons. The number of hydrogen-bond donors (Lipinski definition) is 1. The Morgan fingerprint density at radius 3 is 2.40 bits per heavy atom. The number of ether oxygens (including phenoxy) is 3. The molecule has 0 saturated heterocycles. The normalized spacial score (nSPS) is 10.8. The highest BCUT2D eigenvalue weighted by molar-refractivity contribution is 7.99. The Morgan fingerprint density at radius 1 is 0.833 bits per heavy atom. The summed E-state index contributed by atoms with van der Waals surface area (Å²) in [6.45, 7) is 0. The van der Waals surface area contributed by atoms with Crippen molar-refractivity contribution >= 4 is 22.7 Å². The summed E-state index contributed by atoms with van der Waals surface area (Å²) in [7, 11) is 4.84. The maximum Gasteiger partial charge on any atom is 0.259 e. The summed E-state index contributed by atoms with van der Waals surface area (Å²) in [4.78, 5) is 22.0. The van der Waals surface area contributed by atoms with Crippen LogP contribution < -0.4 is 19.8 Å². The number of para-hydroxylation sites is 1. The van der Waals surface area contributed by atoms with Crippen molar-refractivity contribution in [1.82, 2.24) is 9.97 Å². The Balaban J connectivity index is 1.90. The molecule has 30 heavy (non-hydrogen) atoms. The third kappa shape index (κ3) is 3.71. The molecule has 1 N–H and O–H groups in total. The Morgan fingerprint density at radius 2 is 1.63 bits per heavy atom. The van der Waals surface area contributed by atoms with Crippen molar-refractivity contribution in [2.45, 2.75) is 9.79 Å². The molecule has 0 unspecified atom stereocenters. The SMILES string of the molecule is COc1ccc(OC)c(Sc2cccc(OC)c2-c2nc3ccccc3c(=O)[nH]2)c1. The second-order valence-corrected chi connectivity index (χ2v) is 7.47. The zero-order valence-corrected chi connectivity index (χ0v) is 17.6. The van der Waals surface area contributed by atoms with Gasteiger partial charge in [-0.2, -0.15) is 0 Å². The largest absolute Gasteiger partial charge is 0.497 e. The quantitative estimate of drug-likeness (QED) is 0.485. The van der Waals surface area contributed by atoms with Crippen molar-refractivity contribution in [3.63, 3.8) is 0 Å². The predicted molar refractivity (Wildman–Crippen MR) is 118 cm³/mol. The number of hydrogen-bond acceptors (Lipinski definition) is 6. The molecule has 0 bridgehead atoms. The van der Waals surface area contributed by atoms with Crippen molar-refractivity contribution in [2.75, 3.05) is 21.3 Å². The summed E-state index contributed by atoms with van der Waals surface area (Å²) in [6.07, 6.45) is 0. The molecule has 0 spiro atoms. The molecular formula is C23H20N2O4S. The van der Waals surface area contributed by atoms with Gasteiger partial charge in [-0.3, -0.25) is 4.79 Å². The molecular weight excluding hydrogens is 400 g/mol. The number of rotatable bonds is 6. The van der Waals surface area contributed by atoms with Gasteiger partial charge in [0.15, 0.2) is 0 Å². The lowest BCUT2D eigenvalue weighted by molar-refractivity contribution is 0.394.